The largest absolute Gasteiger partial charge is 0.459 e. The number of carbonyl (C=O) groups excluding carboxylic acids is 2. The van der Waals surface area contributed by atoms with Gasteiger partial charge in [-0.3, -0.25) is 20.4 Å². The quantitative estimate of drug-likeness (QED) is 0.531. The van der Waals surface area contributed by atoms with Crippen LogP contribution in [0.2, 0.25) is 0 Å². The van der Waals surface area contributed by atoms with E-state index < -0.39 is 5.91 Å². The molecule has 0 spiro atoms. The van der Waals surface area contributed by atoms with E-state index in [1.54, 1.807) is 6.07 Å². The summed E-state index contributed by atoms with van der Waals surface area (Å²) in [5.41, 5.74) is 5.54. The first-order valence-electron chi connectivity index (χ1n) is 7.35. The second-order valence-corrected chi connectivity index (χ2v) is 5.94. The summed E-state index contributed by atoms with van der Waals surface area (Å²) < 4.78 is 6.74. The molecule has 0 saturated carbocycles. The van der Waals surface area contributed by atoms with Crippen molar-refractivity contribution in [3.05, 3.63) is 54.5 Å². The molecule has 0 unspecified atom stereocenters. The average molecular weight is 357 g/mol. The number of nitrogens with one attached hydrogen (secondary N) is 2. The molecule has 25 heavy (non-hydrogen) atoms. The predicted molar refractivity (Wildman–Crippen MR) is 91.5 cm³/mol. The van der Waals surface area contributed by atoms with E-state index in [1.807, 2.05) is 41.9 Å². The highest BCUT2D eigenvalue weighted by atomic mass is 32.2. The molecule has 0 bridgehead atoms. The van der Waals surface area contributed by atoms with Crippen molar-refractivity contribution >= 4 is 23.6 Å². The van der Waals surface area contributed by atoms with Gasteiger partial charge in [0.15, 0.2) is 16.7 Å². The maximum Gasteiger partial charge on any atom is 0.305 e. The molecule has 128 valence electrons. The van der Waals surface area contributed by atoms with E-state index in [9.17, 15) is 9.59 Å². The molecule has 2 aromatic heterocycles. The highest BCUT2D eigenvalue weighted by Crippen LogP contribution is 2.21. The SMILES string of the molecule is Cn1c(SCC(=O)NNC(=O)c2ccco2)nnc1-c1ccccc1. The van der Waals surface area contributed by atoms with Crippen LogP contribution in [-0.4, -0.2) is 32.3 Å². The summed E-state index contributed by atoms with van der Waals surface area (Å²) in [4.78, 5) is 23.5. The number of nitrogens with zero attached hydrogens (tertiary/aromatic N) is 3. The lowest BCUT2D eigenvalue weighted by Crippen LogP contribution is -2.42. The molecule has 0 aliphatic rings. The van der Waals surface area contributed by atoms with Crippen LogP contribution < -0.4 is 10.9 Å². The fourth-order valence-electron chi connectivity index (χ4n) is 2.04. The van der Waals surface area contributed by atoms with Crippen molar-refractivity contribution in [2.75, 3.05) is 5.75 Å². The zero-order valence-electron chi connectivity index (χ0n) is 13.3. The first-order valence-corrected chi connectivity index (χ1v) is 8.34. The number of hydrogen-bond acceptors (Lipinski definition) is 6. The monoisotopic (exact) mass is 357 g/mol. The number of hydrogen-bond donors (Lipinski definition) is 2. The number of aromatic nitrogens is 3. The van der Waals surface area contributed by atoms with Crippen molar-refractivity contribution < 1.29 is 14.0 Å². The Morgan fingerprint density at radius 3 is 2.64 bits per heavy atom. The lowest BCUT2D eigenvalue weighted by atomic mass is 10.2. The maximum absolute atomic E-state index is 11.8. The second-order valence-electron chi connectivity index (χ2n) is 5.00. The standard InChI is InChI=1S/C16H15N5O3S/c1-21-14(11-6-3-2-4-7-11)18-20-16(21)25-10-13(22)17-19-15(23)12-8-5-9-24-12/h2-9H,10H2,1H3,(H,17,22)(H,19,23). The Hall–Kier alpha value is -3.07. The number of amides is 2. The lowest BCUT2D eigenvalue weighted by molar-refractivity contribution is -0.119. The van der Waals surface area contributed by atoms with Crippen LogP contribution in [0, 0.1) is 0 Å². The number of hydrazine groups is 1. The van der Waals surface area contributed by atoms with E-state index in [1.165, 1.54) is 24.1 Å². The second kappa shape index (κ2) is 7.67. The van der Waals surface area contributed by atoms with Crippen LogP contribution in [0.3, 0.4) is 0 Å². The van der Waals surface area contributed by atoms with Crippen LogP contribution in [0.15, 0.2) is 58.3 Å². The summed E-state index contributed by atoms with van der Waals surface area (Å²) in [5.74, 6) is 0.0325. The summed E-state index contributed by atoms with van der Waals surface area (Å²) in [6, 6.07) is 12.7. The lowest BCUT2D eigenvalue weighted by Gasteiger charge is -2.06. The number of rotatable bonds is 5. The normalized spacial score (nSPS) is 10.4. The number of thioether (sulfide) groups is 1. The fourth-order valence-corrected chi connectivity index (χ4v) is 2.75. The molecule has 0 aliphatic carbocycles. The van der Waals surface area contributed by atoms with Crippen molar-refractivity contribution in [3.63, 3.8) is 0 Å². The van der Waals surface area contributed by atoms with Crippen LogP contribution >= 0.6 is 11.8 Å². The Balaban J connectivity index is 1.53. The molecule has 2 amide bonds. The zero-order chi connectivity index (χ0) is 17.6. The molecular formula is C16H15N5O3S. The molecule has 0 radical (unpaired) electrons. The minimum atomic E-state index is -0.520. The molecule has 1 aromatic carbocycles. The van der Waals surface area contributed by atoms with Gasteiger partial charge in [-0.25, -0.2) is 0 Å². The smallest absolute Gasteiger partial charge is 0.305 e. The van der Waals surface area contributed by atoms with Gasteiger partial charge in [-0.2, -0.15) is 0 Å². The van der Waals surface area contributed by atoms with E-state index >= 15 is 0 Å². The molecule has 2 N–H and O–H groups in total. The van der Waals surface area contributed by atoms with Gasteiger partial charge in [0.2, 0.25) is 5.91 Å². The molecule has 0 saturated heterocycles. The highest BCUT2D eigenvalue weighted by molar-refractivity contribution is 7.99. The third kappa shape index (κ3) is 4.07. The van der Waals surface area contributed by atoms with Crippen LogP contribution in [-0.2, 0) is 11.8 Å². The van der Waals surface area contributed by atoms with Gasteiger partial charge in [0, 0.05) is 12.6 Å². The van der Waals surface area contributed by atoms with Crippen molar-refractivity contribution in [2.45, 2.75) is 5.16 Å². The van der Waals surface area contributed by atoms with Crippen molar-refractivity contribution in [1.29, 1.82) is 0 Å². The van der Waals surface area contributed by atoms with Crippen LogP contribution in [0.5, 0.6) is 0 Å². The van der Waals surface area contributed by atoms with E-state index in [4.69, 9.17) is 4.42 Å². The molecule has 0 atom stereocenters. The van der Waals surface area contributed by atoms with Crippen LogP contribution in [0.25, 0.3) is 11.4 Å². The summed E-state index contributed by atoms with van der Waals surface area (Å²) in [5, 5.41) is 8.85. The van der Waals surface area contributed by atoms with Crippen LogP contribution in [0.4, 0.5) is 0 Å². The van der Waals surface area contributed by atoms with Crippen molar-refractivity contribution in [1.82, 2.24) is 25.6 Å². The predicted octanol–water partition coefficient (Wildman–Crippen LogP) is 1.63. The van der Waals surface area contributed by atoms with Gasteiger partial charge >= 0.3 is 5.91 Å². The highest BCUT2D eigenvalue weighted by Gasteiger charge is 2.14. The Morgan fingerprint density at radius 1 is 1.12 bits per heavy atom. The minimum absolute atomic E-state index is 0.0825. The van der Waals surface area contributed by atoms with Gasteiger partial charge < -0.3 is 8.98 Å². The van der Waals surface area contributed by atoms with Gasteiger partial charge in [0.25, 0.3) is 0 Å². The Morgan fingerprint density at radius 2 is 1.92 bits per heavy atom. The van der Waals surface area contributed by atoms with E-state index in [-0.39, 0.29) is 17.4 Å². The molecule has 3 aromatic rings. The zero-order valence-corrected chi connectivity index (χ0v) is 14.1. The molecule has 8 nitrogen and oxygen atoms in total. The Labute approximate surface area is 147 Å². The van der Waals surface area contributed by atoms with E-state index in [0.29, 0.717) is 5.16 Å². The van der Waals surface area contributed by atoms with Gasteiger partial charge in [0.05, 0.1) is 12.0 Å². The van der Waals surface area contributed by atoms with Gasteiger partial charge in [-0.15, -0.1) is 10.2 Å². The third-order valence-corrected chi connectivity index (χ3v) is 4.28. The Kier molecular flexibility index (Phi) is 5.14. The third-order valence-electron chi connectivity index (χ3n) is 3.26. The van der Waals surface area contributed by atoms with Crippen LogP contribution in [0.1, 0.15) is 10.6 Å². The molecular weight excluding hydrogens is 342 g/mol. The van der Waals surface area contributed by atoms with E-state index in [0.717, 1.165) is 11.4 Å². The van der Waals surface area contributed by atoms with Gasteiger partial charge in [-0.1, -0.05) is 42.1 Å². The first kappa shape index (κ1) is 16.8. The van der Waals surface area contributed by atoms with Crippen molar-refractivity contribution in [2.24, 2.45) is 7.05 Å². The number of furan rings is 1. The summed E-state index contributed by atoms with van der Waals surface area (Å²) >= 11 is 1.22. The molecule has 0 aliphatic heterocycles. The van der Waals surface area contributed by atoms with Gasteiger partial charge in [0.1, 0.15) is 0 Å². The van der Waals surface area contributed by atoms with Gasteiger partial charge in [-0.05, 0) is 12.1 Å². The number of benzene rings is 1. The minimum Gasteiger partial charge on any atom is -0.459 e. The summed E-state index contributed by atoms with van der Waals surface area (Å²) in [7, 11) is 1.83. The topological polar surface area (TPSA) is 102 Å². The summed E-state index contributed by atoms with van der Waals surface area (Å²) in [6.07, 6.45) is 1.38. The van der Waals surface area contributed by atoms with E-state index in [2.05, 4.69) is 21.0 Å². The molecule has 3 rings (SSSR count). The first-order chi connectivity index (χ1) is 12.1. The summed E-state index contributed by atoms with van der Waals surface area (Å²) in [6.45, 7) is 0. The number of carbonyl (C=O) groups is 2. The fraction of sp³-hybridized carbons (Fsp3) is 0.125. The average Bonchev–Trinajstić information content (AvgIpc) is 3.29. The van der Waals surface area contributed by atoms with Crippen molar-refractivity contribution in [3.8, 4) is 11.4 Å². The Bertz CT molecular complexity index is 861. The molecule has 2 heterocycles. The maximum atomic E-state index is 11.8. The molecule has 9 heteroatoms. The molecule has 0 fully saturated rings.